The molecule has 10 nitrogen and oxygen atoms in total. The number of carbonyl (C=O) groups excluding carboxylic acids is 5. The van der Waals surface area contributed by atoms with E-state index in [4.69, 9.17) is 12.2 Å². The summed E-state index contributed by atoms with van der Waals surface area (Å²) in [6, 6.07) is 4.31. The van der Waals surface area contributed by atoms with Gasteiger partial charge in [0.05, 0.1) is 6.04 Å². The molecule has 0 bridgehead atoms. The first-order valence-electron chi connectivity index (χ1n) is 11.9. The summed E-state index contributed by atoms with van der Waals surface area (Å²) in [5.74, 6) is -2.04. The van der Waals surface area contributed by atoms with Crippen LogP contribution in [-0.4, -0.2) is 82.2 Å². The highest BCUT2D eigenvalue weighted by Gasteiger charge is 2.63. The van der Waals surface area contributed by atoms with Gasteiger partial charge in [-0.15, -0.1) is 0 Å². The second-order valence-electron chi connectivity index (χ2n) is 9.98. The van der Waals surface area contributed by atoms with Crippen molar-refractivity contribution < 1.29 is 24.0 Å². The van der Waals surface area contributed by atoms with Gasteiger partial charge in [0.15, 0.2) is 10.5 Å². The standard InChI is InChI=1S/C25H27N5O5S/c1-13(2)30-20(32)16(19(31)26-23(30)36)11-14-7-8-17-15(10-14)12-25(18-6-5-9-29(17)18)21(33)27(3)24(35)28(4)22(25)34/h7-8,10-11,13,18H,5-6,9,12H2,1-4H3,(H,26,31,36). The van der Waals surface area contributed by atoms with Crippen LogP contribution in [-0.2, 0) is 25.6 Å². The third-order valence-electron chi connectivity index (χ3n) is 7.61. The highest BCUT2D eigenvalue weighted by molar-refractivity contribution is 7.80. The second kappa shape index (κ2) is 8.22. The highest BCUT2D eigenvalue weighted by Crippen LogP contribution is 2.49. The minimum absolute atomic E-state index is 0.0447. The SMILES string of the molecule is CC(C)N1C(=O)C(=Cc2ccc3c(c2)CC2(C(=O)N(C)C(=O)N(C)C2=O)C2CCCN32)C(=O)NC1=S. The number of nitrogens with zero attached hydrogens (tertiary/aromatic N) is 4. The molecule has 1 unspecified atom stereocenters. The van der Waals surface area contributed by atoms with Crippen LogP contribution in [0.3, 0.4) is 0 Å². The molecular formula is C25H27N5O5S. The molecule has 4 aliphatic rings. The number of hydrogen-bond donors (Lipinski definition) is 1. The number of anilines is 1. The lowest BCUT2D eigenvalue weighted by molar-refractivity contribution is -0.159. The molecule has 188 valence electrons. The molecule has 4 aliphatic heterocycles. The number of urea groups is 1. The monoisotopic (exact) mass is 509 g/mol. The van der Waals surface area contributed by atoms with Gasteiger partial charge in [-0.3, -0.25) is 39.2 Å². The summed E-state index contributed by atoms with van der Waals surface area (Å²) >= 11 is 5.16. The Labute approximate surface area is 213 Å². The topological polar surface area (TPSA) is 110 Å². The molecule has 1 spiro atoms. The number of nitrogens with one attached hydrogen (secondary N) is 1. The summed E-state index contributed by atoms with van der Waals surface area (Å²) in [5, 5.41) is 2.64. The van der Waals surface area contributed by atoms with E-state index in [9.17, 15) is 24.0 Å². The average molecular weight is 510 g/mol. The summed E-state index contributed by atoms with van der Waals surface area (Å²) < 4.78 is 0. The van der Waals surface area contributed by atoms with Crippen molar-refractivity contribution >= 4 is 58.8 Å². The van der Waals surface area contributed by atoms with Gasteiger partial charge in [0.2, 0.25) is 11.8 Å². The Morgan fingerprint density at radius 2 is 1.75 bits per heavy atom. The fourth-order valence-corrected chi connectivity index (χ4v) is 6.32. The van der Waals surface area contributed by atoms with E-state index in [-0.39, 0.29) is 29.2 Å². The summed E-state index contributed by atoms with van der Waals surface area (Å²) in [6.07, 6.45) is 3.12. The first-order valence-corrected chi connectivity index (χ1v) is 12.3. The number of amides is 6. The zero-order valence-electron chi connectivity index (χ0n) is 20.5. The Balaban J connectivity index is 1.59. The maximum Gasteiger partial charge on any atom is 0.332 e. The molecule has 3 fully saturated rings. The van der Waals surface area contributed by atoms with Crippen molar-refractivity contribution in [2.24, 2.45) is 5.41 Å². The highest BCUT2D eigenvalue weighted by atomic mass is 32.1. The average Bonchev–Trinajstić information content (AvgIpc) is 3.33. The van der Waals surface area contributed by atoms with Crippen molar-refractivity contribution in [3.8, 4) is 0 Å². The van der Waals surface area contributed by atoms with Crippen molar-refractivity contribution in [2.45, 2.75) is 45.2 Å². The van der Waals surface area contributed by atoms with E-state index in [2.05, 4.69) is 10.2 Å². The van der Waals surface area contributed by atoms with Gasteiger partial charge in [-0.25, -0.2) is 4.79 Å². The van der Waals surface area contributed by atoms with Crippen molar-refractivity contribution in [1.29, 1.82) is 0 Å². The smallest absolute Gasteiger partial charge is 0.332 e. The minimum Gasteiger partial charge on any atom is -0.367 e. The van der Waals surface area contributed by atoms with Crippen LogP contribution in [0.2, 0.25) is 0 Å². The van der Waals surface area contributed by atoms with Gasteiger partial charge >= 0.3 is 6.03 Å². The van der Waals surface area contributed by atoms with E-state index in [1.807, 2.05) is 18.2 Å². The maximum absolute atomic E-state index is 13.5. The molecule has 3 saturated heterocycles. The van der Waals surface area contributed by atoms with Crippen LogP contribution >= 0.6 is 12.2 Å². The molecule has 4 heterocycles. The molecule has 0 radical (unpaired) electrons. The fourth-order valence-electron chi connectivity index (χ4n) is 5.93. The van der Waals surface area contributed by atoms with Crippen LogP contribution in [0.25, 0.3) is 6.08 Å². The maximum atomic E-state index is 13.5. The van der Waals surface area contributed by atoms with Gasteiger partial charge in [0.1, 0.15) is 5.57 Å². The Kier molecular flexibility index (Phi) is 5.51. The molecule has 6 amide bonds. The molecule has 1 atom stereocenters. The number of benzene rings is 1. The number of fused-ring (bicyclic) bond motifs is 4. The van der Waals surface area contributed by atoms with Crippen LogP contribution in [0.4, 0.5) is 10.5 Å². The first-order chi connectivity index (χ1) is 17.0. The van der Waals surface area contributed by atoms with Crippen LogP contribution in [0.1, 0.15) is 37.8 Å². The van der Waals surface area contributed by atoms with Crippen molar-refractivity contribution in [2.75, 3.05) is 25.5 Å². The molecule has 5 rings (SSSR count). The van der Waals surface area contributed by atoms with Crippen LogP contribution < -0.4 is 10.2 Å². The summed E-state index contributed by atoms with van der Waals surface area (Å²) in [6.45, 7) is 4.30. The predicted molar refractivity (Wildman–Crippen MR) is 135 cm³/mol. The lowest BCUT2D eigenvalue weighted by atomic mass is 9.68. The van der Waals surface area contributed by atoms with E-state index in [0.29, 0.717) is 18.5 Å². The number of hydrogen-bond acceptors (Lipinski definition) is 7. The fraction of sp³-hybridized carbons (Fsp3) is 0.440. The van der Waals surface area contributed by atoms with E-state index in [1.54, 1.807) is 13.8 Å². The van der Waals surface area contributed by atoms with Gasteiger partial charge in [-0.05, 0) is 74.7 Å². The Bertz CT molecular complexity index is 1260. The second-order valence-corrected chi connectivity index (χ2v) is 10.4. The molecule has 1 N–H and O–H groups in total. The number of carbonyl (C=O) groups is 5. The van der Waals surface area contributed by atoms with E-state index < -0.39 is 35.1 Å². The molecule has 1 aromatic rings. The zero-order chi connectivity index (χ0) is 26.1. The van der Waals surface area contributed by atoms with Gasteiger partial charge < -0.3 is 4.90 Å². The predicted octanol–water partition coefficient (Wildman–Crippen LogP) is 1.28. The number of thiocarbonyl (C=S) groups is 1. The summed E-state index contributed by atoms with van der Waals surface area (Å²) in [5.41, 5.74) is 0.797. The molecule has 11 heteroatoms. The van der Waals surface area contributed by atoms with Gasteiger partial charge in [-0.2, -0.15) is 0 Å². The van der Waals surface area contributed by atoms with Crippen molar-refractivity contribution in [1.82, 2.24) is 20.0 Å². The summed E-state index contributed by atoms with van der Waals surface area (Å²) in [7, 11) is 2.81. The molecule has 36 heavy (non-hydrogen) atoms. The van der Waals surface area contributed by atoms with Crippen LogP contribution in [0.5, 0.6) is 0 Å². The van der Waals surface area contributed by atoms with E-state index in [0.717, 1.165) is 27.5 Å². The molecule has 0 aromatic heterocycles. The number of rotatable bonds is 2. The van der Waals surface area contributed by atoms with Crippen LogP contribution in [0, 0.1) is 5.41 Å². The minimum atomic E-state index is -1.41. The Morgan fingerprint density at radius 3 is 2.39 bits per heavy atom. The zero-order valence-corrected chi connectivity index (χ0v) is 21.3. The lowest BCUT2D eigenvalue weighted by Gasteiger charge is -2.50. The van der Waals surface area contributed by atoms with Crippen molar-refractivity contribution in [3.63, 3.8) is 0 Å². The first kappa shape index (κ1) is 24.1. The quantitative estimate of drug-likeness (QED) is 0.277. The largest absolute Gasteiger partial charge is 0.367 e. The Hall–Kier alpha value is -3.60. The lowest BCUT2D eigenvalue weighted by Crippen LogP contribution is -2.70. The van der Waals surface area contributed by atoms with Crippen LogP contribution in [0.15, 0.2) is 23.8 Å². The number of barbiturate groups is 1. The van der Waals surface area contributed by atoms with Crippen molar-refractivity contribution in [3.05, 3.63) is 34.9 Å². The van der Waals surface area contributed by atoms with Gasteiger partial charge in [0, 0.05) is 32.4 Å². The normalized spacial score (nSPS) is 24.8. The van der Waals surface area contributed by atoms with Gasteiger partial charge in [0.25, 0.3) is 11.8 Å². The van der Waals surface area contributed by atoms with Gasteiger partial charge in [-0.1, -0.05) is 6.07 Å². The third-order valence-corrected chi connectivity index (χ3v) is 7.91. The molecule has 0 aliphatic carbocycles. The van der Waals surface area contributed by atoms with E-state index >= 15 is 0 Å². The Morgan fingerprint density at radius 1 is 1.08 bits per heavy atom. The molecule has 0 saturated carbocycles. The molecular weight excluding hydrogens is 482 g/mol. The number of imide groups is 2. The van der Waals surface area contributed by atoms with E-state index in [1.165, 1.54) is 25.1 Å². The summed E-state index contributed by atoms with van der Waals surface area (Å²) in [4.78, 5) is 70.7. The molecule has 1 aromatic carbocycles. The third kappa shape index (κ3) is 3.22.